The average molecular weight is 260 g/mol. The third-order valence-corrected chi connectivity index (χ3v) is 2.74. The van der Waals surface area contributed by atoms with Gasteiger partial charge in [0.05, 0.1) is 11.4 Å². The molecule has 0 bridgehead atoms. The highest BCUT2D eigenvalue weighted by atomic mass is 19.1. The van der Waals surface area contributed by atoms with Gasteiger partial charge in [-0.05, 0) is 31.5 Å². The Labute approximate surface area is 110 Å². The third-order valence-electron chi connectivity index (χ3n) is 2.74. The fourth-order valence-electron chi connectivity index (χ4n) is 1.58. The van der Waals surface area contributed by atoms with Crippen LogP contribution in [0.25, 0.3) is 0 Å². The Morgan fingerprint density at radius 1 is 1.05 bits per heavy atom. The first-order valence-corrected chi connectivity index (χ1v) is 5.88. The molecule has 4 heteroatoms. The highest BCUT2D eigenvalue weighted by molar-refractivity contribution is 5.99. The topological polar surface area (TPSA) is 24.4 Å². The van der Waals surface area contributed by atoms with Gasteiger partial charge in [0, 0.05) is 6.07 Å². The van der Waals surface area contributed by atoms with Crippen LogP contribution in [0.5, 0.6) is 0 Å². The van der Waals surface area contributed by atoms with Gasteiger partial charge < -0.3 is 0 Å². The second-order valence-electron chi connectivity index (χ2n) is 4.30. The minimum Gasteiger partial charge on any atom is -0.275 e. The van der Waals surface area contributed by atoms with E-state index < -0.39 is 11.6 Å². The molecule has 2 aromatic rings. The van der Waals surface area contributed by atoms with E-state index in [0.29, 0.717) is 0 Å². The Morgan fingerprint density at radius 3 is 2.37 bits per heavy atom. The molecule has 0 aliphatic carbocycles. The first kappa shape index (κ1) is 13.2. The number of aryl methyl sites for hydroxylation is 1. The summed E-state index contributed by atoms with van der Waals surface area (Å²) in [6, 6.07) is 11.2. The van der Waals surface area contributed by atoms with Crippen LogP contribution in [-0.4, -0.2) is 5.71 Å². The minimum atomic E-state index is -0.666. The molecule has 0 aliphatic heterocycles. The predicted octanol–water partition coefficient (Wildman–Crippen LogP) is 4.11. The van der Waals surface area contributed by atoms with Crippen molar-refractivity contribution < 1.29 is 8.78 Å². The zero-order chi connectivity index (χ0) is 13.8. The molecule has 0 aliphatic rings. The molecule has 0 atom stereocenters. The van der Waals surface area contributed by atoms with E-state index in [1.165, 1.54) is 12.1 Å². The lowest BCUT2D eigenvalue weighted by Gasteiger charge is -2.05. The van der Waals surface area contributed by atoms with E-state index in [2.05, 4.69) is 10.5 Å². The van der Waals surface area contributed by atoms with Crippen LogP contribution >= 0.6 is 0 Å². The van der Waals surface area contributed by atoms with E-state index in [4.69, 9.17) is 0 Å². The van der Waals surface area contributed by atoms with Crippen molar-refractivity contribution in [1.82, 2.24) is 0 Å². The van der Waals surface area contributed by atoms with Gasteiger partial charge in [0.1, 0.15) is 5.82 Å². The maximum atomic E-state index is 13.4. The van der Waals surface area contributed by atoms with Crippen LogP contribution in [0.4, 0.5) is 14.5 Å². The summed E-state index contributed by atoms with van der Waals surface area (Å²) in [7, 11) is 0. The molecule has 2 aromatic carbocycles. The van der Waals surface area contributed by atoms with Crippen LogP contribution < -0.4 is 5.43 Å². The van der Waals surface area contributed by atoms with E-state index in [1.54, 1.807) is 0 Å². The second kappa shape index (κ2) is 5.61. The van der Waals surface area contributed by atoms with Gasteiger partial charge in [-0.15, -0.1) is 0 Å². The van der Waals surface area contributed by atoms with E-state index in [-0.39, 0.29) is 5.69 Å². The number of hydrogen-bond donors (Lipinski definition) is 1. The molecule has 0 saturated heterocycles. The SMILES string of the molecule is C/C(=N\Nc1ccc(F)cc1F)c1ccc(C)cc1. The van der Waals surface area contributed by atoms with Gasteiger partial charge >= 0.3 is 0 Å². The predicted molar refractivity (Wildman–Crippen MR) is 73.4 cm³/mol. The molecule has 0 amide bonds. The van der Waals surface area contributed by atoms with Crippen molar-refractivity contribution in [2.75, 3.05) is 5.43 Å². The summed E-state index contributed by atoms with van der Waals surface area (Å²) >= 11 is 0. The van der Waals surface area contributed by atoms with Gasteiger partial charge in [-0.1, -0.05) is 29.8 Å². The Kier molecular flexibility index (Phi) is 3.90. The van der Waals surface area contributed by atoms with Gasteiger partial charge in [-0.3, -0.25) is 5.43 Å². The number of rotatable bonds is 3. The van der Waals surface area contributed by atoms with Crippen molar-refractivity contribution in [2.24, 2.45) is 5.10 Å². The van der Waals surface area contributed by atoms with Gasteiger partial charge in [0.25, 0.3) is 0 Å². The highest BCUT2D eigenvalue weighted by Gasteiger charge is 2.03. The zero-order valence-electron chi connectivity index (χ0n) is 10.7. The number of hydrogen-bond acceptors (Lipinski definition) is 2. The summed E-state index contributed by atoms with van der Waals surface area (Å²) in [4.78, 5) is 0. The third kappa shape index (κ3) is 3.37. The summed E-state index contributed by atoms with van der Waals surface area (Å²) < 4.78 is 26.1. The normalized spacial score (nSPS) is 11.5. The molecule has 0 fully saturated rings. The van der Waals surface area contributed by atoms with Crippen LogP contribution in [-0.2, 0) is 0 Å². The summed E-state index contributed by atoms with van der Waals surface area (Å²) in [5, 5.41) is 4.09. The molecule has 0 radical (unpaired) electrons. The van der Waals surface area contributed by atoms with Gasteiger partial charge in [-0.25, -0.2) is 8.78 Å². The molecule has 0 unspecified atom stereocenters. The standard InChI is InChI=1S/C15H14F2N2/c1-10-3-5-12(6-4-10)11(2)18-19-15-8-7-13(16)9-14(15)17/h3-9,19H,1-2H3/b18-11+. The molecule has 2 rings (SSSR count). The smallest absolute Gasteiger partial charge is 0.151 e. The lowest BCUT2D eigenvalue weighted by molar-refractivity contribution is 0.585. The van der Waals surface area contributed by atoms with Crippen molar-refractivity contribution in [3.05, 3.63) is 65.2 Å². The largest absolute Gasteiger partial charge is 0.275 e. The summed E-state index contributed by atoms with van der Waals surface area (Å²) in [5.74, 6) is -1.28. The molecule has 19 heavy (non-hydrogen) atoms. The Bertz CT molecular complexity index is 604. The van der Waals surface area contributed by atoms with Crippen molar-refractivity contribution in [3.8, 4) is 0 Å². The molecule has 0 aromatic heterocycles. The highest BCUT2D eigenvalue weighted by Crippen LogP contribution is 2.15. The van der Waals surface area contributed by atoms with Crippen LogP contribution in [0, 0.1) is 18.6 Å². The van der Waals surface area contributed by atoms with Crippen molar-refractivity contribution in [3.63, 3.8) is 0 Å². The van der Waals surface area contributed by atoms with Crippen molar-refractivity contribution in [2.45, 2.75) is 13.8 Å². The first-order valence-electron chi connectivity index (χ1n) is 5.88. The lowest BCUT2D eigenvalue weighted by atomic mass is 10.1. The quantitative estimate of drug-likeness (QED) is 0.651. The molecular formula is C15H14F2N2. The minimum absolute atomic E-state index is 0.146. The molecule has 0 saturated carbocycles. The Balaban J connectivity index is 2.15. The van der Waals surface area contributed by atoms with Gasteiger partial charge in [0.2, 0.25) is 0 Å². The lowest BCUT2D eigenvalue weighted by Crippen LogP contribution is -2.01. The molecule has 0 heterocycles. The number of hydrazone groups is 1. The van der Waals surface area contributed by atoms with Crippen molar-refractivity contribution >= 4 is 11.4 Å². The summed E-state index contributed by atoms with van der Waals surface area (Å²) in [6.45, 7) is 3.82. The average Bonchev–Trinajstić information content (AvgIpc) is 2.38. The number of nitrogens with zero attached hydrogens (tertiary/aromatic N) is 1. The second-order valence-corrected chi connectivity index (χ2v) is 4.30. The summed E-state index contributed by atoms with van der Waals surface area (Å²) in [5.41, 5.74) is 5.58. The fourth-order valence-corrected chi connectivity index (χ4v) is 1.58. The molecule has 1 N–H and O–H groups in total. The Hall–Kier alpha value is -2.23. The monoisotopic (exact) mass is 260 g/mol. The van der Waals surface area contributed by atoms with E-state index in [1.807, 2.05) is 38.1 Å². The van der Waals surface area contributed by atoms with E-state index in [9.17, 15) is 8.78 Å². The molecule has 0 spiro atoms. The maximum Gasteiger partial charge on any atom is 0.151 e. The van der Waals surface area contributed by atoms with Crippen LogP contribution in [0.1, 0.15) is 18.1 Å². The summed E-state index contributed by atoms with van der Waals surface area (Å²) in [6.07, 6.45) is 0. The number of halogens is 2. The Morgan fingerprint density at radius 2 is 1.74 bits per heavy atom. The number of benzene rings is 2. The van der Waals surface area contributed by atoms with Gasteiger partial charge in [0.15, 0.2) is 5.82 Å². The number of nitrogens with one attached hydrogen (secondary N) is 1. The number of anilines is 1. The van der Waals surface area contributed by atoms with Crippen molar-refractivity contribution in [1.29, 1.82) is 0 Å². The maximum absolute atomic E-state index is 13.4. The van der Waals surface area contributed by atoms with E-state index >= 15 is 0 Å². The molecule has 98 valence electrons. The van der Waals surface area contributed by atoms with E-state index in [0.717, 1.165) is 22.9 Å². The van der Waals surface area contributed by atoms with Crippen LogP contribution in [0.2, 0.25) is 0 Å². The van der Waals surface area contributed by atoms with Crippen LogP contribution in [0.3, 0.4) is 0 Å². The molecule has 2 nitrogen and oxygen atoms in total. The van der Waals surface area contributed by atoms with Crippen LogP contribution in [0.15, 0.2) is 47.6 Å². The fraction of sp³-hybridized carbons (Fsp3) is 0.133. The van der Waals surface area contributed by atoms with Gasteiger partial charge in [-0.2, -0.15) is 5.10 Å². The first-order chi connectivity index (χ1) is 9.06. The zero-order valence-corrected chi connectivity index (χ0v) is 10.7. The molecular weight excluding hydrogens is 246 g/mol.